The number of likely N-dealkylation sites (tertiary alicyclic amines) is 1. The molecule has 1 N–H and O–H groups in total. The molecule has 0 aliphatic carbocycles. The first-order chi connectivity index (χ1) is 9.83. The van der Waals surface area contributed by atoms with Crippen LogP contribution in [0.1, 0.15) is 23.9 Å². The van der Waals surface area contributed by atoms with Crippen LogP contribution in [0.25, 0.3) is 0 Å². The van der Waals surface area contributed by atoms with E-state index in [0.29, 0.717) is 13.0 Å². The Hall–Kier alpha value is -2.31. The summed E-state index contributed by atoms with van der Waals surface area (Å²) in [5.74, 6) is -1.38. The lowest BCUT2D eigenvalue weighted by Crippen LogP contribution is -2.41. The molecule has 1 fully saturated rings. The predicted octanol–water partition coefficient (Wildman–Crippen LogP) is 0.675. The monoisotopic (exact) mass is 294 g/mol. The normalized spacial score (nSPS) is 21.3. The third-order valence-corrected chi connectivity index (χ3v) is 3.79. The summed E-state index contributed by atoms with van der Waals surface area (Å²) < 4.78 is 4.99. The number of furan rings is 1. The van der Waals surface area contributed by atoms with Gasteiger partial charge in [-0.15, -0.1) is 0 Å². The van der Waals surface area contributed by atoms with Crippen LogP contribution in [-0.2, 0) is 9.59 Å². The van der Waals surface area contributed by atoms with Gasteiger partial charge in [0.05, 0.1) is 18.2 Å². The molecular weight excluding hydrogens is 276 g/mol. The van der Waals surface area contributed by atoms with E-state index in [-0.39, 0.29) is 30.7 Å². The fourth-order valence-corrected chi connectivity index (χ4v) is 2.31. The summed E-state index contributed by atoms with van der Waals surface area (Å²) in [7, 11) is 1.51. The van der Waals surface area contributed by atoms with E-state index in [1.54, 1.807) is 13.0 Å². The molecule has 1 saturated heterocycles. The van der Waals surface area contributed by atoms with Crippen LogP contribution in [0.4, 0.5) is 0 Å². The second-order valence-electron chi connectivity index (χ2n) is 5.57. The maximum absolute atomic E-state index is 12.1. The van der Waals surface area contributed by atoms with E-state index in [1.165, 1.54) is 29.2 Å². The molecule has 0 radical (unpaired) electrons. The molecule has 1 aromatic rings. The van der Waals surface area contributed by atoms with Crippen molar-refractivity contribution in [3.8, 4) is 0 Å². The molecule has 0 spiro atoms. The lowest BCUT2D eigenvalue weighted by molar-refractivity contribution is -0.147. The molecule has 0 aromatic carbocycles. The summed E-state index contributed by atoms with van der Waals surface area (Å²) in [5, 5.41) is 9.15. The SMILES string of the molecule is CN(CC(=O)N1CCC(C)(C(=O)O)C1)C(=O)c1ccco1. The minimum absolute atomic E-state index is 0.102. The fraction of sp³-hybridized carbons (Fsp3) is 0.500. The zero-order valence-electron chi connectivity index (χ0n) is 12.0. The highest BCUT2D eigenvalue weighted by Crippen LogP contribution is 2.30. The molecule has 21 heavy (non-hydrogen) atoms. The highest BCUT2D eigenvalue weighted by atomic mass is 16.4. The van der Waals surface area contributed by atoms with Gasteiger partial charge in [0.2, 0.25) is 5.91 Å². The Morgan fingerprint density at radius 2 is 2.19 bits per heavy atom. The number of hydrogen-bond acceptors (Lipinski definition) is 4. The zero-order valence-corrected chi connectivity index (χ0v) is 12.0. The predicted molar refractivity (Wildman–Crippen MR) is 72.6 cm³/mol. The van der Waals surface area contributed by atoms with Gasteiger partial charge in [-0.2, -0.15) is 0 Å². The summed E-state index contributed by atoms with van der Waals surface area (Å²) >= 11 is 0. The van der Waals surface area contributed by atoms with E-state index in [0.717, 1.165) is 0 Å². The number of hydrogen-bond donors (Lipinski definition) is 1. The Morgan fingerprint density at radius 1 is 1.48 bits per heavy atom. The minimum Gasteiger partial charge on any atom is -0.481 e. The third-order valence-electron chi connectivity index (χ3n) is 3.79. The van der Waals surface area contributed by atoms with Crippen molar-refractivity contribution in [3.63, 3.8) is 0 Å². The van der Waals surface area contributed by atoms with Gasteiger partial charge in [-0.1, -0.05) is 0 Å². The molecular formula is C14H18N2O5. The van der Waals surface area contributed by atoms with Crippen LogP contribution in [0.3, 0.4) is 0 Å². The van der Waals surface area contributed by atoms with Crippen molar-refractivity contribution in [2.75, 3.05) is 26.7 Å². The van der Waals surface area contributed by atoms with E-state index in [1.807, 2.05) is 0 Å². The van der Waals surface area contributed by atoms with Crippen molar-refractivity contribution < 1.29 is 23.9 Å². The van der Waals surface area contributed by atoms with E-state index < -0.39 is 11.4 Å². The molecule has 7 nitrogen and oxygen atoms in total. The Labute approximate surface area is 122 Å². The Bertz CT molecular complexity index is 554. The number of nitrogens with zero attached hydrogens (tertiary/aromatic N) is 2. The van der Waals surface area contributed by atoms with Crippen LogP contribution < -0.4 is 0 Å². The second-order valence-corrected chi connectivity index (χ2v) is 5.57. The molecule has 7 heteroatoms. The summed E-state index contributed by atoms with van der Waals surface area (Å²) in [6.07, 6.45) is 1.81. The first kappa shape index (κ1) is 15.1. The summed E-state index contributed by atoms with van der Waals surface area (Å²) in [6, 6.07) is 3.13. The van der Waals surface area contributed by atoms with Crippen LogP contribution in [-0.4, -0.2) is 59.4 Å². The number of carbonyl (C=O) groups excluding carboxylic acids is 2. The van der Waals surface area contributed by atoms with Crippen molar-refractivity contribution in [3.05, 3.63) is 24.2 Å². The summed E-state index contributed by atoms with van der Waals surface area (Å²) in [5.41, 5.74) is -0.904. The number of carbonyl (C=O) groups is 3. The first-order valence-electron chi connectivity index (χ1n) is 6.63. The van der Waals surface area contributed by atoms with Crippen LogP contribution >= 0.6 is 0 Å². The lowest BCUT2D eigenvalue weighted by atomic mass is 9.90. The van der Waals surface area contributed by atoms with Crippen LogP contribution in [0, 0.1) is 5.41 Å². The Balaban J connectivity index is 1.93. The smallest absolute Gasteiger partial charge is 0.311 e. The zero-order chi connectivity index (χ0) is 15.6. The van der Waals surface area contributed by atoms with E-state index in [9.17, 15) is 14.4 Å². The number of carboxylic acid groups (broad SMARTS) is 1. The van der Waals surface area contributed by atoms with Gasteiger partial charge < -0.3 is 19.3 Å². The highest BCUT2D eigenvalue weighted by molar-refractivity contribution is 5.94. The van der Waals surface area contributed by atoms with Crippen LogP contribution in [0.5, 0.6) is 0 Å². The lowest BCUT2D eigenvalue weighted by Gasteiger charge is -2.23. The van der Waals surface area contributed by atoms with Crippen LogP contribution in [0.15, 0.2) is 22.8 Å². The van der Waals surface area contributed by atoms with E-state index in [2.05, 4.69) is 0 Å². The van der Waals surface area contributed by atoms with Gasteiger partial charge in [-0.3, -0.25) is 14.4 Å². The molecule has 1 aromatic heterocycles. The number of aliphatic carboxylic acids is 1. The minimum atomic E-state index is -0.905. The molecule has 1 aliphatic heterocycles. The molecule has 0 bridgehead atoms. The molecule has 114 valence electrons. The third kappa shape index (κ3) is 3.07. The fourth-order valence-electron chi connectivity index (χ4n) is 2.31. The van der Waals surface area contributed by atoms with Gasteiger partial charge in [0, 0.05) is 20.1 Å². The molecule has 1 aliphatic rings. The van der Waals surface area contributed by atoms with Crippen molar-refractivity contribution in [2.45, 2.75) is 13.3 Å². The van der Waals surface area contributed by atoms with Crippen molar-refractivity contribution in [2.24, 2.45) is 5.41 Å². The van der Waals surface area contributed by atoms with E-state index in [4.69, 9.17) is 9.52 Å². The molecule has 0 saturated carbocycles. The van der Waals surface area contributed by atoms with Crippen molar-refractivity contribution in [1.82, 2.24) is 9.80 Å². The highest BCUT2D eigenvalue weighted by Gasteiger charge is 2.42. The average molecular weight is 294 g/mol. The van der Waals surface area contributed by atoms with E-state index >= 15 is 0 Å². The summed E-state index contributed by atoms with van der Waals surface area (Å²) in [6.45, 7) is 2.09. The summed E-state index contributed by atoms with van der Waals surface area (Å²) in [4.78, 5) is 38.0. The average Bonchev–Trinajstić information content (AvgIpc) is 3.07. The van der Waals surface area contributed by atoms with Crippen molar-refractivity contribution in [1.29, 1.82) is 0 Å². The van der Waals surface area contributed by atoms with Gasteiger partial charge in [-0.05, 0) is 25.5 Å². The Morgan fingerprint density at radius 3 is 2.71 bits per heavy atom. The quantitative estimate of drug-likeness (QED) is 0.881. The number of amides is 2. The number of rotatable bonds is 4. The molecule has 2 heterocycles. The van der Waals surface area contributed by atoms with Gasteiger partial charge >= 0.3 is 5.97 Å². The van der Waals surface area contributed by atoms with Crippen molar-refractivity contribution >= 4 is 17.8 Å². The number of likely N-dealkylation sites (N-methyl/N-ethyl adjacent to an activating group) is 1. The van der Waals surface area contributed by atoms with Crippen LogP contribution in [0.2, 0.25) is 0 Å². The molecule has 1 atom stereocenters. The van der Waals surface area contributed by atoms with Gasteiger partial charge in [0.15, 0.2) is 5.76 Å². The first-order valence-corrected chi connectivity index (χ1v) is 6.63. The van der Waals surface area contributed by atoms with Gasteiger partial charge in [0.1, 0.15) is 0 Å². The molecule has 1 unspecified atom stereocenters. The topological polar surface area (TPSA) is 91.1 Å². The van der Waals surface area contributed by atoms with Gasteiger partial charge in [-0.25, -0.2) is 0 Å². The van der Waals surface area contributed by atoms with Gasteiger partial charge in [0.25, 0.3) is 5.91 Å². The second kappa shape index (κ2) is 5.59. The molecule has 2 rings (SSSR count). The maximum Gasteiger partial charge on any atom is 0.311 e. The number of carboxylic acids is 1. The maximum atomic E-state index is 12.1. The molecule has 2 amide bonds. The Kier molecular flexibility index (Phi) is 4.02. The standard InChI is InChI=1S/C14H18N2O5/c1-14(13(19)20)5-6-16(9-14)11(17)8-15(2)12(18)10-4-3-7-21-10/h3-4,7H,5-6,8-9H2,1-2H3,(H,19,20). The largest absolute Gasteiger partial charge is 0.481 e.